The maximum atomic E-state index is 12.5. The average molecular weight is 361 g/mol. The van der Waals surface area contributed by atoms with Crippen LogP contribution in [-0.2, 0) is 0 Å². The molecule has 0 aromatic heterocycles. The second kappa shape index (κ2) is 7.33. The standard InChI is InChI=1S/C22H19NO4/c1-13-10-17(11-14(2)20(13)24)16-8-9-18(22(26)27)19(12-16)23-21(25)15-6-4-3-5-7-15/h3-12,24H,1-2H3,(H,23,25)(H,26,27). The van der Waals surface area contributed by atoms with E-state index >= 15 is 0 Å². The van der Waals surface area contributed by atoms with Crippen molar-refractivity contribution >= 4 is 17.6 Å². The van der Waals surface area contributed by atoms with E-state index in [2.05, 4.69) is 5.32 Å². The topological polar surface area (TPSA) is 86.6 Å². The molecule has 0 bridgehead atoms. The highest BCUT2D eigenvalue weighted by Crippen LogP contribution is 2.31. The molecule has 0 aliphatic rings. The zero-order valence-electron chi connectivity index (χ0n) is 15.0. The molecule has 0 aliphatic heterocycles. The highest BCUT2D eigenvalue weighted by molar-refractivity contribution is 6.08. The summed E-state index contributed by atoms with van der Waals surface area (Å²) >= 11 is 0. The summed E-state index contributed by atoms with van der Waals surface area (Å²) in [6.07, 6.45) is 0. The van der Waals surface area contributed by atoms with Crippen molar-refractivity contribution < 1.29 is 19.8 Å². The number of benzene rings is 3. The Morgan fingerprint density at radius 3 is 2.07 bits per heavy atom. The first-order valence-electron chi connectivity index (χ1n) is 8.41. The summed E-state index contributed by atoms with van der Waals surface area (Å²) in [5.41, 5.74) is 3.69. The fourth-order valence-corrected chi connectivity index (χ4v) is 2.92. The fraction of sp³-hybridized carbons (Fsp3) is 0.0909. The number of rotatable bonds is 4. The van der Waals surface area contributed by atoms with Gasteiger partial charge >= 0.3 is 5.97 Å². The highest BCUT2D eigenvalue weighted by Gasteiger charge is 2.15. The number of phenolic OH excluding ortho intramolecular Hbond substituents is 1. The number of anilines is 1. The maximum absolute atomic E-state index is 12.5. The number of aryl methyl sites for hydroxylation is 2. The van der Waals surface area contributed by atoms with E-state index in [1.54, 1.807) is 56.3 Å². The Labute approximate surface area is 156 Å². The molecule has 27 heavy (non-hydrogen) atoms. The molecule has 0 saturated carbocycles. The van der Waals surface area contributed by atoms with E-state index in [1.165, 1.54) is 6.07 Å². The van der Waals surface area contributed by atoms with Crippen LogP contribution in [0, 0.1) is 13.8 Å². The number of hydrogen-bond acceptors (Lipinski definition) is 3. The average Bonchev–Trinajstić information content (AvgIpc) is 2.66. The minimum atomic E-state index is -1.12. The van der Waals surface area contributed by atoms with E-state index in [4.69, 9.17) is 0 Å². The number of carboxylic acid groups (broad SMARTS) is 1. The lowest BCUT2D eigenvalue weighted by molar-refractivity contribution is 0.0698. The van der Waals surface area contributed by atoms with Crippen molar-refractivity contribution in [3.63, 3.8) is 0 Å². The third-order valence-electron chi connectivity index (χ3n) is 4.36. The van der Waals surface area contributed by atoms with Gasteiger partial charge in [0.1, 0.15) is 5.75 Å². The minimum absolute atomic E-state index is 0.00949. The Morgan fingerprint density at radius 2 is 1.48 bits per heavy atom. The van der Waals surface area contributed by atoms with Crippen LogP contribution >= 0.6 is 0 Å². The van der Waals surface area contributed by atoms with Gasteiger partial charge in [0.15, 0.2) is 0 Å². The van der Waals surface area contributed by atoms with E-state index in [1.807, 2.05) is 12.1 Å². The summed E-state index contributed by atoms with van der Waals surface area (Å²) < 4.78 is 0. The van der Waals surface area contributed by atoms with Gasteiger partial charge in [0.05, 0.1) is 11.3 Å². The van der Waals surface area contributed by atoms with Crippen molar-refractivity contribution in [1.82, 2.24) is 0 Å². The quantitative estimate of drug-likeness (QED) is 0.632. The van der Waals surface area contributed by atoms with E-state index in [-0.39, 0.29) is 22.9 Å². The summed E-state index contributed by atoms with van der Waals surface area (Å²) in [6.45, 7) is 3.60. The second-order valence-corrected chi connectivity index (χ2v) is 6.34. The normalized spacial score (nSPS) is 10.4. The van der Waals surface area contributed by atoms with Crippen molar-refractivity contribution in [1.29, 1.82) is 0 Å². The molecule has 5 nitrogen and oxygen atoms in total. The lowest BCUT2D eigenvalue weighted by Gasteiger charge is -2.13. The van der Waals surface area contributed by atoms with Crippen molar-refractivity contribution in [2.45, 2.75) is 13.8 Å². The summed E-state index contributed by atoms with van der Waals surface area (Å²) in [7, 11) is 0. The molecule has 136 valence electrons. The molecule has 1 amide bonds. The number of carboxylic acids is 1. The highest BCUT2D eigenvalue weighted by atomic mass is 16.4. The molecular formula is C22H19NO4. The molecule has 0 atom stereocenters. The Hall–Kier alpha value is -3.60. The van der Waals surface area contributed by atoms with Crippen molar-refractivity contribution in [3.05, 3.63) is 82.9 Å². The van der Waals surface area contributed by atoms with Crippen LogP contribution in [0.25, 0.3) is 11.1 Å². The van der Waals surface area contributed by atoms with Gasteiger partial charge in [0.2, 0.25) is 0 Å². The predicted molar refractivity (Wildman–Crippen MR) is 104 cm³/mol. The first kappa shape index (κ1) is 18.2. The molecule has 0 spiro atoms. The Bertz CT molecular complexity index is 1000. The summed E-state index contributed by atoms with van der Waals surface area (Å²) in [6, 6.07) is 17.0. The van der Waals surface area contributed by atoms with Gasteiger partial charge in [0.25, 0.3) is 5.91 Å². The molecule has 3 rings (SSSR count). The van der Waals surface area contributed by atoms with Crippen molar-refractivity contribution in [3.8, 4) is 16.9 Å². The zero-order valence-corrected chi connectivity index (χ0v) is 15.0. The predicted octanol–water partition coefficient (Wildman–Crippen LogP) is 4.63. The van der Waals surface area contributed by atoms with Crippen LogP contribution in [0.4, 0.5) is 5.69 Å². The number of aromatic hydroxyl groups is 1. The van der Waals surface area contributed by atoms with E-state index in [0.29, 0.717) is 5.56 Å². The van der Waals surface area contributed by atoms with Crippen LogP contribution in [0.5, 0.6) is 5.75 Å². The molecule has 0 aliphatic carbocycles. The summed E-state index contributed by atoms with van der Waals surface area (Å²) in [5, 5.41) is 22.1. The first-order chi connectivity index (χ1) is 12.9. The zero-order chi connectivity index (χ0) is 19.6. The minimum Gasteiger partial charge on any atom is -0.507 e. The van der Waals surface area contributed by atoms with Gasteiger partial charge in [-0.2, -0.15) is 0 Å². The Balaban J connectivity index is 2.03. The van der Waals surface area contributed by atoms with Crippen LogP contribution in [0.1, 0.15) is 31.8 Å². The number of hydrogen-bond donors (Lipinski definition) is 3. The number of carbonyl (C=O) groups is 2. The van der Waals surface area contributed by atoms with Crippen LogP contribution in [0.2, 0.25) is 0 Å². The number of nitrogens with one attached hydrogen (secondary N) is 1. The third kappa shape index (κ3) is 3.82. The molecule has 3 N–H and O–H groups in total. The Kier molecular flexibility index (Phi) is 4.94. The maximum Gasteiger partial charge on any atom is 0.337 e. The Morgan fingerprint density at radius 1 is 0.852 bits per heavy atom. The number of phenols is 1. The van der Waals surface area contributed by atoms with Crippen molar-refractivity contribution in [2.75, 3.05) is 5.32 Å². The molecule has 3 aromatic rings. The lowest BCUT2D eigenvalue weighted by atomic mass is 9.98. The molecule has 0 fully saturated rings. The van der Waals surface area contributed by atoms with Crippen LogP contribution < -0.4 is 5.32 Å². The van der Waals surface area contributed by atoms with Gasteiger partial charge in [-0.1, -0.05) is 24.3 Å². The fourth-order valence-electron chi connectivity index (χ4n) is 2.92. The molecular weight excluding hydrogens is 342 g/mol. The monoisotopic (exact) mass is 361 g/mol. The van der Waals surface area contributed by atoms with Crippen LogP contribution in [0.3, 0.4) is 0 Å². The van der Waals surface area contributed by atoms with Gasteiger partial charge < -0.3 is 15.5 Å². The van der Waals surface area contributed by atoms with E-state index < -0.39 is 5.97 Å². The second-order valence-electron chi connectivity index (χ2n) is 6.34. The smallest absolute Gasteiger partial charge is 0.337 e. The number of aromatic carboxylic acids is 1. The third-order valence-corrected chi connectivity index (χ3v) is 4.36. The van der Waals surface area contributed by atoms with E-state index in [0.717, 1.165) is 22.3 Å². The lowest BCUT2D eigenvalue weighted by Crippen LogP contribution is -2.14. The van der Waals surface area contributed by atoms with Gasteiger partial charge in [-0.05, 0) is 72.5 Å². The first-order valence-corrected chi connectivity index (χ1v) is 8.41. The van der Waals surface area contributed by atoms with Gasteiger partial charge in [-0.15, -0.1) is 0 Å². The van der Waals surface area contributed by atoms with Gasteiger partial charge in [-0.3, -0.25) is 4.79 Å². The van der Waals surface area contributed by atoms with Crippen LogP contribution in [0.15, 0.2) is 60.7 Å². The molecule has 3 aromatic carbocycles. The summed E-state index contributed by atoms with van der Waals surface area (Å²) in [4.78, 5) is 24.0. The number of carbonyl (C=O) groups excluding carboxylic acids is 1. The summed E-state index contributed by atoms with van der Waals surface area (Å²) in [5.74, 6) is -1.27. The number of amides is 1. The van der Waals surface area contributed by atoms with Crippen molar-refractivity contribution in [2.24, 2.45) is 0 Å². The van der Waals surface area contributed by atoms with Gasteiger partial charge in [-0.25, -0.2) is 4.79 Å². The van der Waals surface area contributed by atoms with Crippen LogP contribution in [-0.4, -0.2) is 22.1 Å². The van der Waals surface area contributed by atoms with E-state index in [9.17, 15) is 19.8 Å². The molecule has 5 heteroatoms. The molecule has 0 unspecified atom stereocenters. The molecule has 0 radical (unpaired) electrons. The molecule has 0 heterocycles. The largest absolute Gasteiger partial charge is 0.507 e. The van der Waals surface area contributed by atoms with Gasteiger partial charge in [0, 0.05) is 5.56 Å². The molecule has 0 saturated heterocycles. The SMILES string of the molecule is Cc1cc(-c2ccc(C(=O)O)c(NC(=O)c3ccccc3)c2)cc(C)c1O.